The number of rotatable bonds is 8. The number of aromatic nitrogens is 2. The first-order chi connectivity index (χ1) is 20.7. The number of carbonyl (C=O) groups excluding carboxylic acids is 1. The normalized spacial score (nSPS) is 15.4. The summed E-state index contributed by atoms with van der Waals surface area (Å²) < 4.78 is 42.3. The number of hydrogen-bond donors (Lipinski definition) is 1. The molecule has 7 nitrogen and oxygen atoms in total. The number of para-hydroxylation sites is 1. The Morgan fingerprint density at radius 2 is 1.77 bits per heavy atom. The molecule has 43 heavy (non-hydrogen) atoms. The van der Waals surface area contributed by atoms with Gasteiger partial charge in [-0.25, -0.2) is 13.5 Å². The third-order valence-electron chi connectivity index (χ3n) is 8.21. The number of allylic oxidation sites excluding steroid dienone is 1. The number of nitrogen functional groups attached to an aromatic ring is 1. The van der Waals surface area contributed by atoms with E-state index in [-0.39, 0.29) is 34.8 Å². The predicted octanol–water partition coefficient (Wildman–Crippen LogP) is 6.91. The van der Waals surface area contributed by atoms with Crippen LogP contribution >= 0.6 is 0 Å². The maximum atomic E-state index is 15.0. The van der Waals surface area contributed by atoms with Crippen molar-refractivity contribution in [3.63, 3.8) is 0 Å². The predicted molar refractivity (Wildman–Crippen MR) is 162 cm³/mol. The van der Waals surface area contributed by atoms with Gasteiger partial charge in [0.05, 0.1) is 17.4 Å². The highest BCUT2D eigenvalue weighted by Gasteiger charge is 2.27. The number of benzene rings is 3. The van der Waals surface area contributed by atoms with Gasteiger partial charge in [-0.1, -0.05) is 12.1 Å². The van der Waals surface area contributed by atoms with Gasteiger partial charge in [-0.05, 0) is 98.8 Å². The molecule has 222 valence electrons. The summed E-state index contributed by atoms with van der Waals surface area (Å²) in [5, 5.41) is 4.37. The average Bonchev–Trinajstić information content (AvgIpc) is 3.58. The van der Waals surface area contributed by atoms with Crippen molar-refractivity contribution < 1.29 is 23.0 Å². The first-order valence-electron chi connectivity index (χ1n) is 14.5. The van der Waals surface area contributed by atoms with Crippen LogP contribution in [0.15, 0.2) is 66.4 Å². The maximum Gasteiger partial charge on any atom is 0.194 e. The molecule has 0 radical (unpaired) electrons. The smallest absolute Gasteiger partial charge is 0.194 e. The molecule has 0 amide bonds. The minimum absolute atomic E-state index is 0.0385. The van der Waals surface area contributed by atoms with Crippen LogP contribution in [0.5, 0.6) is 17.2 Å². The van der Waals surface area contributed by atoms with Crippen molar-refractivity contribution in [1.82, 2.24) is 14.7 Å². The van der Waals surface area contributed by atoms with Crippen molar-refractivity contribution >= 4 is 17.7 Å². The van der Waals surface area contributed by atoms with Gasteiger partial charge in [0.25, 0.3) is 0 Å². The molecule has 3 aromatic carbocycles. The fourth-order valence-corrected chi connectivity index (χ4v) is 5.70. The molecule has 0 atom stereocenters. The molecule has 0 spiro atoms. The van der Waals surface area contributed by atoms with E-state index >= 15 is 4.39 Å². The molecule has 0 bridgehead atoms. The highest BCUT2D eigenvalue weighted by atomic mass is 19.1. The Morgan fingerprint density at radius 3 is 2.49 bits per heavy atom. The Morgan fingerprint density at radius 1 is 1.00 bits per heavy atom. The third-order valence-corrected chi connectivity index (χ3v) is 8.21. The second kappa shape index (κ2) is 11.6. The Balaban J connectivity index is 1.17. The summed E-state index contributed by atoms with van der Waals surface area (Å²) in [6.45, 7) is 8.03. The minimum Gasteiger partial charge on any atom is -0.487 e. The molecule has 2 aliphatic rings. The summed E-state index contributed by atoms with van der Waals surface area (Å²) in [6.07, 6.45) is 5.17. The van der Waals surface area contributed by atoms with E-state index in [2.05, 4.69) is 23.8 Å². The van der Waals surface area contributed by atoms with Crippen molar-refractivity contribution in [3.8, 4) is 22.9 Å². The number of nitrogens with two attached hydrogens (primary N) is 1. The van der Waals surface area contributed by atoms with E-state index in [0.29, 0.717) is 29.5 Å². The molecule has 0 unspecified atom stereocenters. The number of ether oxygens (including phenoxy) is 2. The fourth-order valence-electron chi connectivity index (χ4n) is 5.70. The molecule has 0 saturated carbocycles. The van der Waals surface area contributed by atoms with E-state index < -0.39 is 11.6 Å². The third kappa shape index (κ3) is 5.77. The number of anilines is 1. The number of hydrogen-bond acceptors (Lipinski definition) is 6. The second-order valence-corrected chi connectivity index (χ2v) is 11.4. The highest BCUT2D eigenvalue weighted by molar-refractivity contribution is 6.15. The van der Waals surface area contributed by atoms with Crippen molar-refractivity contribution in [3.05, 3.63) is 100 Å². The number of halogens is 2. The van der Waals surface area contributed by atoms with Gasteiger partial charge >= 0.3 is 0 Å². The topological polar surface area (TPSA) is 82.6 Å². The van der Waals surface area contributed by atoms with E-state index in [1.54, 1.807) is 48.5 Å². The second-order valence-electron chi connectivity index (χ2n) is 11.4. The summed E-state index contributed by atoms with van der Waals surface area (Å²) in [4.78, 5) is 15.9. The van der Waals surface area contributed by atoms with Crippen LogP contribution in [0.3, 0.4) is 0 Å². The molecule has 2 N–H and O–H groups in total. The van der Waals surface area contributed by atoms with E-state index in [1.807, 2.05) is 6.92 Å². The van der Waals surface area contributed by atoms with E-state index in [1.165, 1.54) is 23.0 Å². The molecular weight excluding hydrogens is 550 g/mol. The zero-order chi connectivity index (χ0) is 30.2. The lowest BCUT2D eigenvalue weighted by atomic mass is 10.0. The van der Waals surface area contributed by atoms with Crippen LogP contribution in [0, 0.1) is 18.6 Å². The fraction of sp³-hybridized carbons (Fsp3) is 0.294. The standard InChI is InChI=1S/C34H34F2N4O3/c1-20(2)39-12-10-26(11-13-39)42-32-18-23-16-24(15-22(23)17-29(32)36)33(41)27-19-38-40(34(27)37)25-8-9-30(21(3)14-25)43-31-7-5-4-6-28(31)35/h4-9,14,16-20,26H,10-13,15,37H2,1-3H3. The van der Waals surface area contributed by atoms with Crippen LogP contribution in [-0.2, 0) is 6.42 Å². The van der Waals surface area contributed by atoms with Gasteiger partial charge in [0.1, 0.15) is 17.7 Å². The number of carbonyl (C=O) groups is 1. The van der Waals surface area contributed by atoms with Crippen molar-refractivity contribution in [2.24, 2.45) is 0 Å². The van der Waals surface area contributed by atoms with Gasteiger partial charge in [-0.3, -0.25) is 4.79 Å². The van der Waals surface area contributed by atoms with Gasteiger partial charge < -0.3 is 20.1 Å². The van der Waals surface area contributed by atoms with Crippen LogP contribution in [0.2, 0.25) is 0 Å². The minimum atomic E-state index is -0.456. The summed E-state index contributed by atoms with van der Waals surface area (Å²) in [6, 6.07) is 15.1. The van der Waals surface area contributed by atoms with Crippen LogP contribution in [0.1, 0.15) is 53.7 Å². The number of ketones is 1. The van der Waals surface area contributed by atoms with E-state index in [0.717, 1.165) is 42.6 Å². The number of likely N-dealkylation sites (tertiary alicyclic amines) is 1. The number of aryl methyl sites for hydroxylation is 1. The molecular formula is C34H34F2N4O3. The molecule has 1 fully saturated rings. The molecule has 1 saturated heterocycles. The van der Waals surface area contributed by atoms with Crippen LogP contribution in [0.25, 0.3) is 11.8 Å². The van der Waals surface area contributed by atoms with E-state index in [9.17, 15) is 9.18 Å². The Labute approximate surface area is 249 Å². The summed E-state index contributed by atoms with van der Waals surface area (Å²) in [7, 11) is 0. The number of Topliss-reactive ketones (excluding diaryl/α,β-unsaturated/α-hetero) is 1. The molecule has 1 aliphatic carbocycles. The van der Waals surface area contributed by atoms with Gasteiger partial charge in [-0.15, -0.1) is 0 Å². The van der Waals surface area contributed by atoms with Gasteiger partial charge in [0, 0.05) is 31.1 Å². The number of piperidine rings is 1. The van der Waals surface area contributed by atoms with Crippen LogP contribution in [0.4, 0.5) is 14.6 Å². The molecule has 4 aromatic rings. The highest BCUT2D eigenvalue weighted by Crippen LogP contribution is 2.35. The molecule has 1 aromatic heterocycles. The molecule has 1 aliphatic heterocycles. The van der Waals surface area contributed by atoms with Crippen LogP contribution < -0.4 is 15.2 Å². The van der Waals surface area contributed by atoms with Gasteiger partial charge in [0.2, 0.25) is 0 Å². The number of nitrogens with zero attached hydrogens (tertiary/aromatic N) is 3. The summed E-state index contributed by atoms with van der Waals surface area (Å²) in [5.74, 6) is -0.119. The molecule has 6 rings (SSSR count). The first kappa shape index (κ1) is 28.6. The van der Waals surface area contributed by atoms with Crippen molar-refractivity contribution in [1.29, 1.82) is 0 Å². The lowest BCUT2D eigenvalue weighted by Gasteiger charge is -2.34. The van der Waals surface area contributed by atoms with Crippen LogP contribution in [-0.4, -0.2) is 45.7 Å². The molecule has 2 heterocycles. The molecule has 9 heteroatoms. The monoisotopic (exact) mass is 584 g/mol. The Kier molecular flexibility index (Phi) is 7.75. The summed E-state index contributed by atoms with van der Waals surface area (Å²) >= 11 is 0. The van der Waals surface area contributed by atoms with E-state index in [4.69, 9.17) is 15.2 Å². The zero-order valence-electron chi connectivity index (χ0n) is 24.4. The zero-order valence-corrected chi connectivity index (χ0v) is 24.4. The lowest BCUT2D eigenvalue weighted by molar-refractivity contribution is 0.0815. The Hall–Kier alpha value is -4.50. The van der Waals surface area contributed by atoms with Gasteiger partial charge in [-0.2, -0.15) is 5.10 Å². The number of fused-ring (bicyclic) bond motifs is 1. The Bertz CT molecular complexity index is 1720. The quantitative estimate of drug-likeness (QED) is 0.227. The van der Waals surface area contributed by atoms with Crippen molar-refractivity contribution in [2.45, 2.75) is 52.2 Å². The average molecular weight is 585 g/mol. The van der Waals surface area contributed by atoms with Crippen molar-refractivity contribution in [2.75, 3.05) is 18.8 Å². The largest absolute Gasteiger partial charge is 0.487 e. The maximum absolute atomic E-state index is 15.0. The SMILES string of the molecule is Cc1cc(-n2ncc(C(=O)C3=Cc4cc(OC5CCN(C(C)C)CC5)c(F)cc4C3)c2N)ccc1Oc1ccccc1F. The first-order valence-corrected chi connectivity index (χ1v) is 14.5. The summed E-state index contributed by atoms with van der Waals surface area (Å²) in [5.41, 5.74) is 10.0. The lowest BCUT2D eigenvalue weighted by Crippen LogP contribution is -2.41. The van der Waals surface area contributed by atoms with Gasteiger partial charge in [0.15, 0.2) is 28.9 Å².